The van der Waals surface area contributed by atoms with E-state index in [9.17, 15) is 0 Å². The minimum absolute atomic E-state index is 0.792. The van der Waals surface area contributed by atoms with Gasteiger partial charge in [-0.3, -0.25) is 0 Å². The average Bonchev–Trinajstić information content (AvgIpc) is 2.29. The molecule has 0 saturated heterocycles. The van der Waals surface area contributed by atoms with E-state index < -0.39 is 0 Å². The van der Waals surface area contributed by atoms with Gasteiger partial charge in [0.2, 0.25) is 0 Å². The fourth-order valence-corrected chi connectivity index (χ4v) is 1.58. The van der Waals surface area contributed by atoms with Crippen molar-refractivity contribution in [3.05, 3.63) is 29.3 Å². The van der Waals surface area contributed by atoms with Crippen molar-refractivity contribution in [2.75, 3.05) is 6.61 Å². The molecule has 1 rings (SSSR count). The molecule has 0 radical (unpaired) electrons. The predicted octanol–water partition coefficient (Wildman–Crippen LogP) is 3.74. The van der Waals surface area contributed by atoms with Crippen molar-refractivity contribution in [3.63, 3.8) is 0 Å². The van der Waals surface area contributed by atoms with Crippen molar-refractivity contribution >= 4 is 0 Å². The van der Waals surface area contributed by atoms with Gasteiger partial charge in [0.05, 0.1) is 6.61 Å². The summed E-state index contributed by atoms with van der Waals surface area (Å²) < 4.78 is 5.59. The van der Waals surface area contributed by atoms with Gasteiger partial charge in [0.25, 0.3) is 0 Å². The molecule has 0 fully saturated rings. The van der Waals surface area contributed by atoms with Gasteiger partial charge in [-0.25, -0.2) is 0 Å². The molecule has 1 aromatic carbocycles. The van der Waals surface area contributed by atoms with Crippen LogP contribution in [0.15, 0.2) is 18.2 Å². The SMILES string of the molecule is CC#CCCc1ccc(OCCC)cc1C. The highest BCUT2D eigenvalue weighted by atomic mass is 16.5. The summed E-state index contributed by atoms with van der Waals surface area (Å²) in [6, 6.07) is 6.32. The van der Waals surface area contributed by atoms with E-state index in [2.05, 4.69) is 43.9 Å². The van der Waals surface area contributed by atoms with Gasteiger partial charge in [0.1, 0.15) is 5.75 Å². The lowest BCUT2D eigenvalue weighted by Gasteiger charge is -2.08. The summed E-state index contributed by atoms with van der Waals surface area (Å²) in [5.74, 6) is 6.99. The summed E-state index contributed by atoms with van der Waals surface area (Å²) in [5, 5.41) is 0. The molecule has 1 aromatic rings. The predicted molar refractivity (Wildman–Crippen MR) is 68.7 cm³/mol. The second-order valence-electron chi connectivity index (χ2n) is 3.86. The van der Waals surface area contributed by atoms with Gasteiger partial charge in [-0.2, -0.15) is 0 Å². The number of rotatable bonds is 5. The highest BCUT2D eigenvalue weighted by molar-refractivity contribution is 5.35. The molecule has 0 bridgehead atoms. The van der Waals surface area contributed by atoms with E-state index in [0.717, 1.165) is 31.6 Å². The first-order chi connectivity index (χ1) is 7.77. The van der Waals surface area contributed by atoms with E-state index in [0.29, 0.717) is 0 Å². The fourth-order valence-electron chi connectivity index (χ4n) is 1.58. The van der Waals surface area contributed by atoms with Gasteiger partial charge in [0.15, 0.2) is 0 Å². The Morgan fingerprint density at radius 2 is 2.12 bits per heavy atom. The van der Waals surface area contributed by atoms with Crippen molar-refractivity contribution in [2.45, 2.75) is 40.0 Å². The molecule has 0 amide bonds. The Balaban J connectivity index is 2.62. The summed E-state index contributed by atoms with van der Waals surface area (Å²) in [5.41, 5.74) is 2.66. The van der Waals surface area contributed by atoms with Crippen molar-refractivity contribution in [1.82, 2.24) is 0 Å². The molecule has 0 aliphatic heterocycles. The van der Waals surface area contributed by atoms with Crippen LogP contribution in [0.3, 0.4) is 0 Å². The molecule has 0 aromatic heterocycles. The minimum atomic E-state index is 0.792. The zero-order valence-electron chi connectivity index (χ0n) is 10.5. The highest BCUT2D eigenvalue weighted by Crippen LogP contribution is 2.18. The third-order valence-electron chi connectivity index (χ3n) is 2.48. The Morgan fingerprint density at radius 3 is 2.75 bits per heavy atom. The molecule has 0 saturated carbocycles. The largest absolute Gasteiger partial charge is 0.494 e. The maximum atomic E-state index is 5.59. The molecule has 0 N–H and O–H groups in total. The average molecular weight is 216 g/mol. The quantitative estimate of drug-likeness (QED) is 0.681. The molecule has 86 valence electrons. The zero-order valence-corrected chi connectivity index (χ0v) is 10.5. The van der Waals surface area contributed by atoms with Gasteiger partial charge >= 0.3 is 0 Å². The van der Waals surface area contributed by atoms with E-state index in [4.69, 9.17) is 4.74 Å². The highest BCUT2D eigenvalue weighted by Gasteiger charge is 2.00. The lowest BCUT2D eigenvalue weighted by Crippen LogP contribution is -1.96. The smallest absolute Gasteiger partial charge is 0.119 e. The summed E-state index contributed by atoms with van der Waals surface area (Å²) in [6.45, 7) is 6.92. The van der Waals surface area contributed by atoms with Crippen LogP contribution < -0.4 is 4.74 Å². The van der Waals surface area contributed by atoms with Crippen LogP contribution in [-0.4, -0.2) is 6.61 Å². The summed E-state index contributed by atoms with van der Waals surface area (Å²) in [6.07, 6.45) is 3.01. The normalized spacial score (nSPS) is 9.44. The summed E-state index contributed by atoms with van der Waals surface area (Å²) in [4.78, 5) is 0. The molecule has 0 heterocycles. The molecular formula is C15H20O. The second-order valence-corrected chi connectivity index (χ2v) is 3.86. The van der Waals surface area contributed by atoms with Crippen molar-refractivity contribution in [2.24, 2.45) is 0 Å². The Labute approximate surface area is 98.8 Å². The first-order valence-corrected chi connectivity index (χ1v) is 5.90. The van der Waals surface area contributed by atoms with E-state index in [1.54, 1.807) is 0 Å². The van der Waals surface area contributed by atoms with Gasteiger partial charge in [-0.05, 0) is 49.9 Å². The number of hydrogen-bond donors (Lipinski definition) is 0. The zero-order chi connectivity index (χ0) is 11.8. The first-order valence-electron chi connectivity index (χ1n) is 5.90. The number of ether oxygens (including phenoxy) is 1. The van der Waals surface area contributed by atoms with Gasteiger partial charge in [0, 0.05) is 6.42 Å². The third-order valence-corrected chi connectivity index (χ3v) is 2.48. The number of hydrogen-bond acceptors (Lipinski definition) is 1. The Morgan fingerprint density at radius 1 is 1.31 bits per heavy atom. The Hall–Kier alpha value is -1.42. The van der Waals surface area contributed by atoms with Crippen LogP contribution in [0.5, 0.6) is 5.75 Å². The summed E-state index contributed by atoms with van der Waals surface area (Å²) >= 11 is 0. The molecule has 0 unspecified atom stereocenters. The number of benzene rings is 1. The molecule has 0 spiro atoms. The monoisotopic (exact) mass is 216 g/mol. The maximum absolute atomic E-state index is 5.59. The second kappa shape index (κ2) is 6.95. The van der Waals surface area contributed by atoms with Gasteiger partial charge in [-0.15, -0.1) is 11.8 Å². The summed E-state index contributed by atoms with van der Waals surface area (Å²) in [7, 11) is 0. The topological polar surface area (TPSA) is 9.23 Å². The molecule has 16 heavy (non-hydrogen) atoms. The van der Waals surface area contributed by atoms with Gasteiger partial charge in [-0.1, -0.05) is 13.0 Å². The minimum Gasteiger partial charge on any atom is -0.494 e. The van der Waals surface area contributed by atoms with Crippen LogP contribution in [0.4, 0.5) is 0 Å². The van der Waals surface area contributed by atoms with E-state index in [1.807, 2.05) is 6.92 Å². The Bertz CT molecular complexity index is 382. The van der Waals surface area contributed by atoms with Crippen molar-refractivity contribution < 1.29 is 4.74 Å². The van der Waals surface area contributed by atoms with Crippen LogP contribution in [0.2, 0.25) is 0 Å². The first kappa shape index (κ1) is 12.6. The molecular weight excluding hydrogens is 196 g/mol. The standard InChI is InChI=1S/C15H20O/c1-4-6-7-8-14-9-10-15(12-13(14)3)16-11-5-2/h9-10,12H,5,7-8,11H2,1-3H3. The molecule has 1 heteroatoms. The molecule has 0 aliphatic rings. The van der Waals surface area contributed by atoms with E-state index in [1.165, 1.54) is 11.1 Å². The molecule has 0 aliphatic carbocycles. The maximum Gasteiger partial charge on any atom is 0.119 e. The van der Waals surface area contributed by atoms with Crippen LogP contribution in [-0.2, 0) is 6.42 Å². The van der Waals surface area contributed by atoms with E-state index >= 15 is 0 Å². The molecule has 1 nitrogen and oxygen atoms in total. The van der Waals surface area contributed by atoms with Crippen molar-refractivity contribution in [1.29, 1.82) is 0 Å². The molecule has 0 atom stereocenters. The van der Waals surface area contributed by atoms with Gasteiger partial charge < -0.3 is 4.74 Å². The lowest BCUT2D eigenvalue weighted by atomic mass is 10.0. The lowest BCUT2D eigenvalue weighted by molar-refractivity contribution is 0.317. The van der Waals surface area contributed by atoms with Crippen molar-refractivity contribution in [3.8, 4) is 17.6 Å². The third kappa shape index (κ3) is 3.98. The van der Waals surface area contributed by atoms with E-state index in [-0.39, 0.29) is 0 Å². The Kier molecular flexibility index (Phi) is 5.50. The fraction of sp³-hybridized carbons (Fsp3) is 0.467. The van der Waals surface area contributed by atoms with Crippen LogP contribution in [0.25, 0.3) is 0 Å². The van der Waals surface area contributed by atoms with Crippen LogP contribution >= 0.6 is 0 Å². The number of aryl methyl sites for hydroxylation is 2. The van der Waals surface area contributed by atoms with Crippen LogP contribution in [0, 0.1) is 18.8 Å². The van der Waals surface area contributed by atoms with Crippen LogP contribution in [0.1, 0.15) is 37.8 Å².